The van der Waals surface area contributed by atoms with Crippen LogP contribution >= 0.6 is 0 Å². The first-order valence-electron chi connectivity index (χ1n) is 6.83. The fraction of sp³-hybridized carbons (Fsp3) is 0.118. The standard InChI is InChI=1S/C17H13N3O3/c1-9(8-18)16(21)15-14-11(7-13(20-15)17(22)23-2)10-5-3-4-6-12(10)19-14/h3-7,16,19,21H,1H2,2H3. The lowest BCUT2D eigenvalue weighted by Gasteiger charge is -2.11. The number of fused-ring (bicyclic) bond motifs is 3. The molecule has 0 bridgehead atoms. The number of nitrogens with zero attached hydrogens (tertiary/aromatic N) is 2. The minimum Gasteiger partial charge on any atom is -0.464 e. The van der Waals surface area contributed by atoms with Gasteiger partial charge < -0.3 is 14.8 Å². The van der Waals surface area contributed by atoms with Crippen molar-refractivity contribution >= 4 is 27.8 Å². The second-order valence-corrected chi connectivity index (χ2v) is 5.02. The Morgan fingerprint density at radius 1 is 1.43 bits per heavy atom. The van der Waals surface area contributed by atoms with E-state index in [9.17, 15) is 9.90 Å². The van der Waals surface area contributed by atoms with Gasteiger partial charge in [0.25, 0.3) is 0 Å². The van der Waals surface area contributed by atoms with Crippen molar-refractivity contribution in [1.29, 1.82) is 5.26 Å². The van der Waals surface area contributed by atoms with Crippen molar-refractivity contribution in [3.63, 3.8) is 0 Å². The van der Waals surface area contributed by atoms with E-state index >= 15 is 0 Å². The van der Waals surface area contributed by atoms with Gasteiger partial charge in [0.05, 0.1) is 30.0 Å². The predicted octanol–water partition coefficient (Wildman–Crippen LogP) is 2.62. The molecule has 0 aliphatic heterocycles. The smallest absolute Gasteiger partial charge is 0.356 e. The van der Waals surface area contributed by atoms with E-state index in [4.69, 9.17) is 10.00 Å². The maximum absolute atomic E-state index is 11.9. The number of aromatic nitrogens is 2. The number of esters is 1. The molecule has 2 aromatic heterocycles. The molecule has 1 unspecified atom stereocenters. The zero-order valence-corrected chi connectivity index (χ0v) is 12.3. The first-order chi connectivity index (χ1) is 11.1. The molecule has 6 heteroatoms. The van der Waals surface area contributed by atoms with Gasteiger partial charge in [0, 0.05) is 16.3 Å². The molecule has 0 amide bonds. The first-order valence-corrected chi connectivity index (χ1v) is 6.83. The topological polar surface area (TPSA) is 99.0 Å². The molecule has 6 nitrogen and oxygen atoms in total. The third-order valence-corrected chi connectivity index (χ3v) is 3.65. The number of rotatable bonds is 3. The van der Waals surface area contributed by atoms with Crippen LogP contribution in [-0.2, 0) is 4.74 Å². The van der Waals surface area contributed by atoms with Gasteiger partial charge in [0.1, 0.15) is 11.8 Å². The molecule has 0 fully saturated rings. The third-order valence-electron chi connectivity index (χ3n) is 3.65. The van der Waals surface area contributed by atoms with E-state index in [2.05, 4.69) is 16.5 Å². The van der Waals surface area contributed by atoms with Crippen LogP contribution in [0.1, 0.15) is 22.3 Å². The minimum atomic E-state index is -1.31. The van der Waals surface area contributed by atoms with Crippen molar-refractivity contribution in [1.82, 2.24) is 9.97 Å². The highest BCUT2D eigenvalue weighted by molar-refractivity contribution is 6.09. The number of ether oxygens (including phenoxy) is 1. The number of aliphatic hydroxyl groups excluding tert-OH is 1. The van der Waals surface area contributed by atoms with E-state index in [1.165, 1.54) is 7.11 Å². The summed E-state index contributed by atoms with van der Waals surface area (Å²) in [5.74, 6) is -0.617. The second kappa shape index (κ2) is 5.55. The van der Waals surface area contributed by atoms with Crippen molar-refractivity contribution in [3.05, 3.63) is 53.9 Å². The Bertz CT molecular complexity index is 982. The number of nitriles is 1. The molecule has 0 saturated heterocycles. The van der Waals surface area contributed by atoms with Crippen LogP contribution in [0.4, 0.5) is 0 Å². The molecule has 2 heterocycles. The number of aliphatic hydroxyl groups is 1. The fourth-order valence-corrected chi connectivity index (χ4v) is 2.50. The van der Waals surface area contributed by atoms with Crippen LogP contribution in [0.15, 0.2) is 42.5 Å². The van der Waals surface area contributed by atoms with Crippen molar-refractivity contribution in [2.45, 2.75) is 6.10 Å². The SMILES string of the molecule is C=C(C#N)C(O)c1nc(C(=O)OC)cc2c1[nH]c1ccccc12. The molecule has 0 aliphatic carbocycles. The van der Waals surface area contributed by atoms with Crippen LogP contribution in [0.25, 0.3) is 21.8 Å². The lowest BCUT2D eigenvalue weighted by molar-refractivity contribution is 0.0593. The maximum Gasteiger partial charge on any atom is 0.356 e. The normalized spacial score (nSPS) is 12.0. The van der Waals surface area contributed by atoms with Gasteiger partial charge in [-0.15, -0.1) is 0 Å². The Hall–Kier alpha value is -3.17. The van der Waals surface area contributed by atoms with Gasteiger partial charge >= 0.3 is 5.97 Å². The summed E-state index contributed by atoms with van der Waals surface area (Å²) in [7, 11) is 1.26. The summed E-state index contributed by atoms with van der Waals surface area (Å²) in [5, 5.41) is 20.9. The third kappa shape index (κ3) is 2.33. The number of carbonyl (C=O) groups excluding carboxylic acids is 1. The predicted molar refractivity (Wildman–Crippen MR) is 84.7 cm³/mol. The largest absolute Gasteiger partial charge is 0.464 e. The number of aromatic amines is 1. The average Bonchev–Trinajstić information content (AvgIpc) is 2.97. The Morgan fingerprint density at radius 2 is 2.17 bits per heavy atom. The van der Waals surface area contributed by atoms with Gasteiger partial charge in [-0.25, -0.2) is 9.78 Å². The van der Waals surface area contributed by atoms with E-state index in [1.807, 2.05) is 30.3 Å². The van der Waals surface area contributed by atoms with E-state index in [0.717, 1.165) is 16.3 Å². The number of benzene rings is 1. The zero-order valence-electron chi connectivity index (χ0n) is 12.3. The quantitative estimate of drug-likeness (QED) is 0.572. The Morgan fingerprint density at radius 3 is 2.87 bits per heavy atom. The molecular formula is C17H13N3O3. The van der Waals surface area contributed by atoms with E-state index in [1.54, 1.807) is 6.07 Å². The Kier molecular flexibility index (Phi) is 3.56. The van der Waals surface area contributed by atoms with Gasteiger partial charge in [-0.2, -0.15) is 5.26 Å². The van der Waals surface area contributed by atoms with Crippen molar-refractivity contribution in [3.8, 4) is 6.07 Å². The minimum absolute atomic E-state index is 0.0560. The van der Waals surface area contributed by atoms with Gasteiger partial charge in [0.15, 0.2) is 0 Å². The average molecular weight is 307 g/mol. The molecule has 2 N–H and O–H groups in total. The van der Waals surface area contributed by atoms with E-state index in [-0.39, 0.29) is 17.0 Å². The summed E-state index contributed by atoms with van der Waals surface area (Å²) in [6, 6.07) is 10.9. The number of para-hydroxylation sites is 1. The van der Waals surface area contributed by atoms with Crippen LogP contribution in [0.2, 0.25) is 0 Å². The van der Waals surface area contributed by atoms with Crippen LogP contribution in [-0.4, -0.2) is 28.2 Å². The van der Waals surface area contributed by atoms with Gasteiger partial charge in [-0.3, -0.25) is 0 Å². The monoisotopic (exact) mass is 307 g/mol. The molecule has 0 saturated carbocycles. The van der Waals surface area contributed by atoms with Crippen LogP contribution in [0.3, 0.4) is 0 Å². The number of hydrogen-bond donors (Lipinski definition) is 2. The van der Waals surface area contributed by atoms with Crippen molar-refractivity contribution < 1.29 is 14.6 Å². The lowest BCUT2D eigenvalue weighted by Crippen LogP contribution is -2.10. The number of carbonyl (C=O) groups is 1. The van der Waals surface area contributed by atoms with Crippen LogP contribution in [0, 0.1) is 11.3 Å². The highest BCUT2D eigenvalue weighted by atomic mass is 16.5. The molecule has 1 atom stereocenters. The molecule has 3 rings (SSSR count). The summed E-state index contributed by atoms with van der Waals surface area (Å²) >= 11 is 0. The number of hydrogen-bond acceptors (Lipinski definition) is 5. The van der Waals surface area contributed by atoms with E-state index in [0.29, 0.717) is 5.52 Å². The van der Waals surface area contributed by atoms with Crippen LogP contribution in [0.5, 0.6) is 0 Å². The van der Waals surface area contributed by atoms with Crippen LogP contribution < -0.4 is 0 Å². The van der Waals surface area contributed by atoms with Crippen molar-refractivity contribution in [2.24, 2.45) is 0 Å². The van der Waals surface area contributed by atoms with Gasteiger partial charge in [-0.1, -0.05) is 24.8 Å². The molecular weight excluding hydrogens is 294 g/mol. The number of pyridine rings is 1. The number of H-pyrrole nitrogens is 1. The highest BCUT2D eigenvalue weighted by Gasteiger charge is 2.22. The zero-order chi connectivity index (χ0) is 16.6. The summed E-state index contributed by atoms with van der Waals surface area (Å²) in [4.78, 5) is 19.2. The van der Waals surface area contributed by atoms with Crippen molar-refractivity contribution in [2.75, 3.05) is 7.11 Å². The highest BCUT2D eigenvalue weighted by Crippen LogP contribution is 2.32. The first kappa shape index (κ1) is 14.8. The molecule has 114 valence electrons. The Balaban J connectivity index is 2.38. The summed E-state index contributed by atoms with van der Waals surface area (Å²) < 4.78 is 4.71. The molecule has 3 aromatic rings. The molecule has 1 aromatic carbocycles. The summed E-state index contributed by atoms with van der Waals surface area (Å²) in [6.07, 6.45) is -1.31. The number of nitrogens with one attached hydrogen (secondary N) is 1. The Labute approximate surface area is 131 Å². The second-order valence-electron chi connectivity index (χ2n) is 5.02. The maximum atomic E-state index is 11.9. The number of methoxy groups -OCH3 is 1. The summed E-state index contributed by atoms with van der Waals surface area (Å²) in [5.41, 5.74) is 1.57. The fourth-order valence-electron chi connectivity index (χ4n) is 2.50. The van der Waals surface area contributed by atoms with Gasteiger partial charge in [-0.05, 0) is 12.1 Å². The molecule has 23 heavy (non-hydrogen) atoms. The lowest BCUT2D eigenvalue weighted by atomic mass is 10.1. The molecule has 0 aliphatic rings. The molecule has 0 radical (unpaired) electrons. The van der Waals surface area contributed by atoms with E-state index < -0.39 is 12.1 Å². The van der Waals surface area contributed by atoms with Gasteiger partial charge in [0.2, 0.25) is 0 Å². The summed E-state index contributed by atoms with van der Waals surface area (Å²) in [6.45, 7) is 3.52. The molecule has 0 spiro atoms.